The van der Waals surface area contributed by atoms with Crippen LogP contribution in [-0.2, 0) is 21.4 Å². The molecule has 0 radical (unpaired) electrons. The number of hydrogen-bond acceptors (Lipinski definition) is 4. The van der Waals surface area contributed by atoms with E-state index in [0.717, 1.165) is 42.3 Å². The molecule has 2 aromatic rings. The molecule has 0 spiro atoms. The molecule has 7 nitrogen and oxygen atoms in total. The van der Waals surface area contributed by atoms with Crippen molar-refractivity contribution >= 4 is 28.7 Å². The molecule has 1 aliphatic carbocycles. The predicted octanol–water partition coefficient (Wildman–Crippen LogP) is 2.84. The molecule has 7 heteroatoms. The third kappa shape index (κ3) is 3.53. The Morgan fingerprint density at radius 1 is 1.21 bits per heavy atom. The SMILES string of the molecule is Cn1nc(C2CCC(=O)NC2=O)c2ccc([C@H]3CC[C@H](CC(=O)O)CC3)cc21. The van der Waals surface area contributed by atoms with Gasteiger partial charge in [0.25, 0.3) is 0 Å². The van der Waals surface area contributed by atoms with E-state index in [1.165, 1.54) is 5.56 Å². The average Bonchev–Trinajstić information content (AvgIpc) is 2.98. The third-order valence-electron chi connectivity index (χ3n) is 6.25. The Morgan fingerprint density at radius 2 is 1.96 bits per heavy atom. The van der Waals surface area contributed by atoms with Gasteiger partial charge in [0.2, 0.25) is 11.8 Å². The molecule has 1 unspecified atom stereocenters. The van der Waals surface area contributed by atoms with Crippen molar-refractivity contribution < 1.29 is 19.5 Å². The lowest BCUT2D eigenvalue weighted by atomic mass is 9.77. The third-order valence-corrected chi connectivity index (χ3v) is 6.25. The van der Waals surface area contributed by atoms with E-state index in [-0.39, 0.29) is 24.2 Å². The van der Waals surface area contributed by atoms with Crippen LogP contribution in [0.15, 0.2) is 18.2 Å². The van der Waals surface area contributed by atoms with E-state index in [9.17, 15) is 14.4 Å². The molecule has 2 fully saturated rings. The first kappa shape index (κ1) is 18.7. The molecule has 2 heterocycles. The molecule has 2 aliphatic rings. The number of aliphatic carboxylic acids is 1. The number of nitrogens with zero attached hydrogens (tertiary/aromatic N) is 2. The monoisotopic (exact) mass is 383 g/mol. The Labute approximate surface area is 163 Å². The minimum atomic E-state index is -0.708. The van der Waals surface area contributed by atoms with E-state index in [2.05, 4.69) is 22.5 Å². The van der Waals surface area contributed by atoms with Gasteiger partial charge in [-0.25, -0.2) is 0 Å². The van der Waals surface area contributed by atoms with Gasteiger partial charge in [0, 0.05) is 25.3 Å². The zero-order chi connectivity index (χ0) is 19.8. The number of hydrogen-bond donors (Lipinski definition) is 2. The van der Waals surface area contributed by atoms with Crippen molar-refractivity contribution in [2.24, 2.45) is 13.0 Å². The van der Waals surface area contributed by atoms with Crippen LogP contribution in [-0.4, -0.2) is 32.7 Å². The molecule has 148 valence electrons. The van der Waals surface area contributed by atoms with Crippen molar-refractivity contribution in [1.29, 1.82) is 0 Å². The van der Waals surface area contributed by atoms with Crippen LogP contribution in [0.4, 0.5) is 0 Å². The summed E-state index contributed by atoms with van der Waals surface area (Å²) in [5.41, 5.74) is 2.98. The molecular formula is C21H25N3O4. The number of aryl methyl sites for hydroxylation is 1. The number of piperidine rings is 1. The van der Waals surface area contributed by atoms with Crippen LogP contribution in [0.1, 0.15) is 68.0 Å². The average molecular weight is 383 g/mol. The molecule has 28 heavy (non-hydrogen) atoms. The Balaban J connectivity index is 1.56. The quantitative estimate of drug-likeness (QED) is 0.791. The second-order valence-electron chi connectivity index (χ2n) is 8.10. The summed E-state index contributed by atoms with van der Waals surface area (Å²) >= 11 is 0. The predicted molar refractivity (Wildman–Crippen MR) is 103 cm³/mol. The molecule has 1 aromatic carbocycles. The van der Waals surface area contributed by atoms with Crippen molar-refractivity contribution in [1.82, 2.24) is 15.1 Å². The number of rotatable bonds is 4. The summed E-state index contributed by atoms with van der Waals surface area (Å²) in [6.45, 7) is 0. The van der Waals surface area contributed by atoms with Gasteiger partial charge < -0.3 is 5.11 Å². The minimum Gasteiger partial charge on any atom is -0.481 e. The smallest absolute Gasteiger partial charge is 0.303 e. The standard InChI is InChI=1S/C21H25N3O4/c1-24-17-11-14(13-4-2-12(3-5-13)10-19(26)27)6-7-15(17)20(23-24)16-8-9-18(25)22-21(16)28/h6-7,11-13,16H,2-5,8-10H2,1H3,(H,26,27)(H,22,25,28)/t12-,13-,16?. The number of carbonyl (C=O) groups excluding carboxylic acids is 2. The van der Waals surface area contributed by atoms with Gasteiger partial charge in [-0.15, -0.1) is 0 Å². The zero-order valence-electron chi connectivity index (χ0n) is 16.0. The van der Waals surface area contributed by atoms with Crippen molar-refractivity contribution in [3.05, 3.63) is 29.5 Å². The van der Waals surface area contributed by atoms with Gasteiger partial charge >= 0.3 is 5.97 Å². The molecule has 1 aromatic heterocycles. The van der Waals surface area contributed by atoms with Crippen LogP contribution in [0.25, 0.3) is 10.9 Å². The van der Waals surface area contributed by atoms with Crippen molar-refractivity contribution in [2.45, 2.75) is 56.8 Å². The van der Waals surface area contributed by atoms with Crippen molar-refractivity contribution in [2.75, 3.05) is 0 Å². The molecule has 0 bridgehead atoms. The summed E-state index contributed by atoms with van der Waals surface area (Å²) in [4.78, 5) is 34.6. The van der Waals surface area contributed by atoms with Gasteiger partial charge in [-0.1, -0.05) is 12.1 Å². The molecule has 1 saturated heterocycles. The molecule has 1 aliphatic heterocycles. The highest BCUT2D eigenvalue weighted by Crippen LogP contribution is 2.39. The maximum absolute atomic E-state index is 12.3. The van der Waals surface area contributed by atoms with E-state index >= 15 is 0 Å². The number of carboxylic acid groups (broad SMARTS) is 1. The van der Waals surface area contributed by atoms with Crippen molar-refractivity contribution in [3.8, 4) is 0 Å². The Kier molecular flexibility index (Phi) is 4.91. The topological polar surface area (TPSA) is 101 Å². The summed E-state index contributed by atoms with van der Waals surface area (Å²) in [6.07, 6.45) is 4.99. The summed E-state index contributed by atoms with van der Waals surface area (Å²) in [5.74, 6) is -0.865. The van der Waals surface area contributed by atoms with E-state index < -0.39 is 11.9 Å². The van der Waals surface area contributed by atoms with E-state index in [0.29, 0.717) is 18.8 Å². The van der Waals surface area contributed by atoms with Crippen LogP contribution in [0.2, 0.25) is 0 Å². The number of carboxylic acids is 1. The molecule has 2 amide bonds. The van der Waals surface area contributed by atoms with Gasteiger partial charge in [-0.2, -0.15) is 5.10 Å². The zero-order valence-corrected chi connectivity index (χ0v) is 16.0. The van der Waals surface area contributed by atoms with Crippen LogP contribution < -0.4 is 5.32 Å². The molecule has 1 atom stereocenters. The first-order chi connectivity index (χ1) is 13.4. The highest BCUT2D eigenvalue weighted by atomic mass is 16.4. The van der Waals surface area contributed by atoms with Crippen LogP contribution in [0.3, 0.4) is 0 Å². The highest BCUT2D eigenvalue weighted by molar-refractivity contribution is 6.02. The Morgan fingerprint density at radius 3 is 2.64 bits per heavy atom. The lowest BCUT2D eigenvalue weighted by molar-refractivity contribution is -0.138. The van der Waals surface area contributed by atoms with Gasteiger partial charge in [-0.3, -0.25) is 24.4 Å². The van der Waals surface area contributed by atoms with Gasteiger partial charge in [0.15, 0.2) is 0 Å². The minimum absolute atomic E-state index is 0.220. The largest absolute Gasteiger partial charge is 0.481 e. The number of benzene rings is 1. The van der Waals surface area contributed by atoms with Crippen LogP contribution in [0.5, 0.6) is 0 Å². The first-order valence-corrected chi connectivity index (χ1v) is 9.94. The lowest BCUT2D eigenvalue weighted by Gasteiger charge is -2.28. The summed E-state index contributed by atoms with van der Waals surface area (Å²) in [5, 5.41) is 17.0. The maximum Gasteiger partial charge on any atom is 0.303 e. The van der Waals surface area contributed by atoms with Crippen molar-refractivity contribution in [3.63, 3.8) is 0 Å². The molecule has 1 saturated carbocycles. The second-order valence-corrected chi connectivity index (χ2v) is 8.10. The number of carbonyl (C=O) groups is 3. The summed E-state index contributed by atoms with van der Waals surface area (Å²) in [7, 11) is 1.88. The Bertz CT molecular complexity index is 941. The van der Waals surface area contributed by atoms with Gasteiger partial charge in [0.1, 0.15) is 0 Å². The number of imide groups is 1. The van der Waals surface area contributed by atoms with Crippen LogP contribution >= 0.6 is 0 Å². The number of amides is 2. The summed E-state index contributed by atoms with van der Waals surface area (Å²) in [6, 6.07) is 6.31. The fourth-order valence-corrected chi connectivity index (χ4v) is 4.71. The molecule has 4 rings (SSSR count). The fourth-order valence-electron chi connectivity index (χ4n) is 4.71. The number of nitrogens with one attached hydrogen (secondary N) is 1. The maximum atomic E-state index is 12.3. The molecule has 2 N–H and O–H groups in total. The van der Waals surface area contributed by atoms with Gasteiger partial charge in [-0.05, 0) is 55.6 Å². The fraction of sp³-hybridized carbons (Fsp3) is 0.524. The molecular weight excluding hydrogens is 358 g/mol. The second kappa shape index (κ2) is 7.37. The van der Waals surface area contributed by atoms with Crippen LogP contribution in [0, 0.1) is 5.92 Å². The van der Waals surface area contributed by atoms with E-state index in [1.54, 1.807) is 0 Å². The number of fused-ring (bicyclic) bond motifs is 1. The summed E-state index contributed by atoms with van der Waals surface area (Å²) < 4.78 is 1.81. The highest BCUT2D eigenvalue weighted by Gasteiger charge is 2.32. The Hall–Kier alpha value is -2.70. The first-order valence-electron chi connectivity index (χ1n) is 9.94. The normalized spacial score (nSPS) is 25.7. The van der Waals surface area contributed by atoms with E-state index in [4.69, 9.17) is 5.11 Å². The van der Waals surface area contributed by atoms with Gasteiger partial charge in [0.05, 0.1) is 17.1 Å². The number of aromatic nitrogens is 2. The van der Waals surface area contributed by atoms with E-state index in [1.807, 2.05) is 17.8 Å². The lowest BCUT2D eigenvalue weighted by Crippen LogP contribution is -2.39.